The number of aryl methyl sites for hydroxylation is 2. The molecule has 1 aromatic carbocycles. The molecule has 52 heavy (non-hydrogen) atoms. The molecule has 0 spiro atoms. The van der Waals surface area contributed by atoms with E-state index in [1.165, 1.54) is 16.8 Å². The van der Waals surface area contributed by atoms with Crippen LogP contribution in [-0.2, 0) is 4.43 Å². The lowest BCUT2D eigenvalue weighted by molar-refractivity contribution is -0.145. The summed E-state index contributed by atoms with van der Waals surface area (Å²) < 4.78 is 58.0. The molecule has 0 unspecified atom stereocenters. The number of hydrogen-bond acceptors (Lipinski definition) is 9. The van der Waals surface area contributed by atoms with Crippen molar-refractivity contribution >= 4 is 31.8 Å². The van der Waals surface area contributed by atoms with Gasteiger partial charge in [-0.3, -0.25) is 4.90 Å². The fraction of sp³-hybridized carbons (Fsp3) is 0.556. The van der Waals surface area contributed by atoms with Crippen molar-refractivity contribution in [3.05, 3.63) is 51.4 Å². The van der Waals surface area contributed by atoms with Crippen molar-refractivity contribution in [2.45, 2.75) is 78.4 Å². The molecule has 1 atom stereocenters. The maximum Gasteiger partial charge on any atom is 0.407 e. The van der Waals surface area contributed by atoms with Crippen LogP contribution in [0.1, 0.15) is 44.2 Å². The maximum absolute atomic E-state index is 13.2. The van der Waals surface area contributed by atoms with Crippen LogP contribution in [-0.4, -0.2) is 110 Å². The molecule has 11 nitrogen and oxygen atoms in total. The number of likely N-dealkylation sites (N-methyl/N-ethyl adjacent to an activating group) is 1. The summed E-state index contributed by atoms with van der Waals surface area (Å²) in [5.41, 5.74) is 5.39. The Labute approximate surface area is 308 Å². The second kappa shape index (κ2) is 15.0. The van der Waals surface area contributed by atoms with Gasteiger partial charge in [-0.25, -0.2) is 14.8 Å². The summed E-state index contributed by atoms with van der Waals surface area (Å²) in [6.45, 7) is 17.0. The molecule has 2 aromatic heterocycles. The fourth-order valence-electron chi connectivity index (χ4n) is 6.39. The van der Waals surface area contributed by atoms with Gasteiger partial charge in [0.1, 0.15) is 23.9 Å². The number of carboxylic acid groups (broad SMARTS) is 1. The van der Waals surface area contributed by atoms with Crippen molar-refractivity contribution in [2.24, 2.45) is 0 Å². The number of carbonyl (C=O) groups is 1. The van der Waals surface area contributed by atoms with Gasteiger partial charge in [-0.2, -0.15) is 13.2 Å². The van der Waals surface area contributed by atoms with E-state index in [1.807, 2.05) is 20.8 Å². The number of amides is 1. The second-order valence-corrected chi connectivity index (χ2v) is 20.5. The number of halogens is 4. The summed E-state index contributed by atoms with van der Waals surface area (Å²) in [4.78, 5) is 26.5. The first-order chi connectivity index (χ1) is 24.1. The van der Waals surface area contributed by atoms with Gasteiger partial charge in [0, 0.05) is 44.4 Å². The van der Waals surface area contributed by atoms with Crippen molar-refractivity contribution in [3.63, 3.8) is 0 Å². The molecule has 0 bridgehead atoms. The zero-order valence-electron chi connectivity index (χ0n) is 31.2. The van der Waals surface area contributed by atoms with E-state index >= 15 is 0 Å². The van der Waals surface area contributed by atoms with Crippen LogP contribution in [0.3, 0.4) is 0 Å². The third-order valence-electron chi connectivity index (χ3n) is 10.2. The zero-order chi connectivity index (χ0) is 38.3. The lowest BCUT2D eigenvalue weighted by Crippen LogP contribution is -2.49. The number of aromatic nitrogens is 3. The van der Waals surface area contributed by atoms with Crippen molar-refractivity contribution in [1.82, 2.24) is 24.9 Å². The Morgan fingerprint density at radius 3 is 2.42 bits per heavy atom. The number of rotatable bonds is 11. The molecule has 3 aromatic rings. The minimum atomic E-state index is -4.26. The van der Waals surface area contributed by atoms with Gasteiger partial charge in [-0.15, -0.1) is 0 Å². The first-order valence-corrected chi connectivity index (χ1v) is 20.5. The third-order valence-corrected chi connectivity index (χ3v) is 15.1. The molecule has 284 valence electrons. The molecule has 1 amide bonds. The Morgan fingerprint density at radius 2 is 1.81 bits per heavy atom. The fourth-order valence-corrected chi connectivity index (χ4v) is 7.92. The van der Waals surface area contributed by atoms with Gasteiger partial charge in [-0.05, 0) is 74.7 Å². The van der Waals surface area contributed by atoms with Crippen molar-refractivity contribution in [2.75, 3.05) is 57.8 Å². The van der Waals surface area contributed by atoms with Crippen molar-refractivity contribution < 1.29 is 36.8 Å². The summed E-state index contributed by atoms with van der Waals surface area (Å²) in [6, 6.07) is 5.18. The molecule has 0 saturated heterocycles. The van der Waals surface area contributed by atoms with E-state index in [1.54, 1.807) is 18.2 Å². The molecule has 0 saturated carbocycles. The third kappa shape index (κ3) is 8.92. The highest BCUT2D eigenvalue weighted by molar-refractivity contribution is 6.74. The standard InChI is InChI=1S/C36H48ClF3N6O5Si/c1-21-31(30-22(2)43-50-23(30)3)41-32(42-33(21)46-16-24-12-13-45(15-25(24)17-46)20-36(38,39)40)28-14-26(10-11-29(28)37)49-19-27(18-44(7)34(47)48)51-52(8,9)35(4,5)6/h10-11,14,27H,12-13,15-20H2,1-9H3,(H,47,48)/t27-/m1/s1. The molecule has 2 aliphatic rings. The van der Waals surface area contributed by atoms with Crippen LogP contribution in [0, 0.1) is 20.8 Å². The minimum Gasteiger partial charge on any atom is -0.491 e. The van der Waals surface area contributed by atoms with Gasteiger partial charge in [0.15, 0.2) is 14.1 Å². The van der Waals surface area contributed by atoms with Crippen LogP contribution in [0.15, 0.2) is 33.9 Å². The predicted octanol–water partition coefficient (Wildman–Crippen LogP) is 8.14. The first kappa shape index (κ1) is 39.5. The van der Waals surface area contributed by atoms with Crippen LogP contribution in [0.2, 0.25) is 23.2 Å². The lowest BCUT2D eigenvalue weighted by Gasteiger charge is -2.39. The molecule has 5 rings (SSSR count). The Kier molecular flexibility index (Phi) is 11.4. The van der Waals surface area contributed by atoms with E-state index in [4.69, 9.17) is 35.3 Å². The zero-order valence-corrected chi connectivity index (χ0v) is 33.0. The Balaban J connectivity index is 1.48. The number of ether oxygens (including phenoxy) is 1. The number of benzene rings is 1. The molecule has 2 aliphatic heterocycles. The summed E-state index contributed by atoms with van der Waals surface area (Å²) in [5.74, 6) is 2.02. The average Bonchev–Trinajstić information content (AvgIpc) is 3.60. The molecule has 0 fully saturated rings. The van der Waals surface area contributed by atoms with E-state index in [0.29, 0.717) is 71.2 Å². The second-order valence-electron chi connectivity index (χ2n) is 15.3. The predicted molar refractivity (Wildman–Crippen MR) is 197 cm³/mol. The summed E-state index contributed by atoms with van der Waals surface area (Å²) >= 11 is 6.82. The Morgan fingerprint density at radius 1 is 1.12 bits per heavy atom. The number of alkyl halides is 3. The average molecular weight is 765 g/mol. The number of hydrogen-bond donors (Lipinski definition) is 1. The molecular formula is C36H48ClF3N6O5Si. The Hall–Kier alpha value is -3.66. The maximum atomic E-state index is 13.2. The van der Waals surface area contributed by atoms with Crippen molar-refractivity contribution in [1.29, 1.82) is 0 Å². The minimum absolute atomic E-state index is 0.0892. The highest BCUT2D eigenvalue weighted by atomic mass is 35.5. The van der Waals surface area contributed by atoms with Gasteiger partial charge >= 0.3 is 12.3 Å². The van der Waals surface area contributed by atoms with E-state index in [9.17, 15) is 23.1 Å². The monoisotopic (exact) mass is 764 g/mol. The topological polar surface area (TPSA) is 117 Å². The highest BCUT2D eigenvalue weighted by Crippen LogP contribution is 2.40. The normalized spacial score (nSPS) is 16.4. The lowest BCUT2D eigenvalue weighted by atomic mass is 10.0. The van der Waals surface area contributed by atoms with Gasteiger partial charge in [0.05, 0.1) is 41.2 Å². The molecular weight excluding hydrogens is 717 g/mol. The van der Waals surface area contributed by atoms with E-state index in [-0.39, 0.29) is 24.7 Å². The van der Waals surface area contributed by atoms with Crippen LogP contribution in [0.5, 0.6) is 5.75 Å². The van der Waals surface area contributed by atoms with Gasteiger partial charge < -0.3 is 28.6 Å². The molecule has 4 heterocycles. The smallest absolute Gasteiger partial charge is 0.407 e. The number of nitrogens with zero attached hydrogens (tertiary/aromatic N) is 6. The quantitative estimate of drug-likeness (QED) is 0.152. The summed E-state index contributed by atoms with van der Waals surface area (Å²) in [5, 5.41) is 14.0. The number of anilines is 1. The molecule has 1 N–H and O–H groups in total. The summed E-state index contributed by atoms with van der Waals surface area (Å²) in [7, 11) is -0.789. The van der Waals surface area contributed by atoms with Gasteiger partial charge in [0.2, 0.25) is 0 Å². The molecule has 16 heteroatoms. The van der Waals surface area contributed by atoms with E-state index < -0.39 is 33.2 Å². The van der Waals surface area contributed by atoms with Gasteiger partial charge in [0.25, 0.3) is 0 Å². The summed E-state index contributed by atoms with van der Waals surface area (Å²) in [6.07, 6.45) is -5.30. The largest absolute Gasteiger partial charge is 0.491 e. The van der Waals surface area contributed by atoms with Crippen LogP contribution in [0.4, 0.5) is 23.8 Å². The van der Waals surface area contributed by atoms with Crippen molar-refractivity contribution in [3.8, 4) is 28.4 Å². The Bertz CT molecular complexity index is 1820. The molecule has 0 radical (unpaired) electrons. The van der Waals surface area contributed by atoms with E-state index in [2.05, 4.69) is 43.9 Å². The SMILES string of the molecule is Cc1noc(C)c1-c1nc(-c2cc(OC[C@@H](CN(C)C(=O)O)O[Si](C)(C)C(C)(C)C)ccc2Cl)nc(N2CC3=C(CN(CC(F)(F)F)CC3)C2)c1C. The van der Waals surface area contributed by atoms with E-state index in [0.717, 1.165) is 22.3 Å². The van der Waals surface area contributed by atoms with Gasteiger partial charge in [-0.1, -0.05) is 37.5 Å². The first-order valence-electron chi connectivity index (χ1n) is 17.2. The van der Waals surface area contributed by atoms with Crippen LogP contribution in [0.25, 0.3) is 22.6 Å². The highest BCUT2D eigenvalue weighted by Gasteiger charge is 2.40. The molecule has 0 aliphatic carbocycles. The van der Waals surface area contributed by atoms with Crippen LogP contribution < -0.4 is 9.64 Å². The van der Waals surface area contributed by atoms with Crippen LogP contribution >= 0.6 is 11.6 Å².